The third-order valence-corrected chi connectivity index (χ3v) is 3.77. The maximum atomic E-state index is 13.9. The number of ether oxygens (including phenoxy) is 1. The number of benzene rings is 2. The molecule has 106 valence electrons. The second-order valence-electron chi connectivity index (χ2n) is 4.36. The summed E-state index contributed by atoms with van der Waals surface area (Å²) in [6.07, 6.45) is 0. The van der Waals surface area contributed by atoms with Gasteiger partial charge in [-0.15, -0.1) is 0 Å². The number of rotatable bonds is 4. The van der Waals surface area contributed by atoms with Gasteiger partial charge in [-0.05, 0) is 42.3 Å². The third-order valence-electron chi connectivity index (χ3n) is 2.99. The number of aryl methyl sites for hydroxylation is 1. The molecular formula is C15H14BrF2NO. The van der Waals surface area contributed by atoms with Gasteiger partial charge in [0.1, 0.15) is 17.3 Å². The molecule has 0 saturated carbocycles. The lowest BCUT2D eigenvalue weighted by molar-refractivity contribution is 0.414. The van der Waals surface area contributed by atoms with Crippen LogP contribution >= 0.6 is 15.9 Å². The zero-order valence-electron chi connectivity index (χ0n) is 11.1. The molecule has 0 fully saturated rings. The Morgan fingerprint density at radius 3 is 2.65 bits per heavy atom. The normalized spacial score (nSPS) is 10.4. The highest BCUT2D eigenvalue weighted by atomic mass is 79.9. The molecule has 0 aliphatic heterocycles. The molecule has 0 amide bonds. The molecule has 1 N–H and O–H groups in total. The van der Waals surface area contributed by atoms with Crippen LogP contribution in [0.15, 0.2) is 34.8 Å². The zero-order valence-corrected chi connectivity index (χ0v) is 12.7. The van der Waals surface area contributed by atoms with E-state index >= 15 is 0 Å². The standard InChI is InChI=1S/C15H14BrF2NO/c1-9-3-6-13(17)15(14(9)18)19-8-10-7-11(20-2)4-5-12(10)16/h3-7,19H,8H2,1-2H3. The van der Waals surface area contributed by atoms with Gasteiger partial charge in [0.05, 0.1) is 7.11 Å². The summed E-state index contributed by atoms with van der Waals surface area (Å²) in [6.45, 7) is 1.89. The highest BCUT2D eigenvalue weighted by Gasteiger charge is 2.11. The predicted molar refractivity (Wildman–Crippen MR) is 79.1 cm³/mol. The summed E-state index contributed by atoms with van der Waals surface area (Å²) in [5.74, 6) is -0.480. The fourth-order valence-electron chi connectivity index (χ4n) is 1.82. The van der Waals surface area contributed by atoms with Crippen molar-refractivity contribution in [1.29, 1.82) is 0 Å². The average Bonchev–Trinajstić information content (AvgIpc) is 2.45. The number of methoxy groups -OCH3 is 1. The third kappa shape index (κ3) is 3.10. The molecule has 0 aliphatic carbocycles. The van der Waals surface area contributed by atoms with Gasteiger partial charge < -0.3 is 10.1 Å². The minimum atomic E-state index is -0.605. The van der Waals surface area contributed by atoms with Crippen LogP contribution in [0.1, 0.15) is 11.1 Å². The fourth-order valence-corrected chi connectivity index (χ4v) is 2.20. The van der Waals surface area contributed by atoms with Gasteiger partial charge in [-0.2, -0.15) is 0 Å². The Balaban J connectivity index is 2.23. The van der Waals surface area contributed by atoms with Crippen LogP contribution in [0.2, 0.25) is 0 Å². The van der Waals surface area contributed by atoms with Gasteiger partial charge in [-0.1, -0.05) is 22.0 Å². The SMILES string of the molecule is COc1ccc(Br)c(CNc2c(F)ccc(C)c2F)c1. The number of halogens is 3. The van der Waals surface area contributed by atoms with Gasteiger partial charge in [0, 0.05) is 11.0 Å². The van der Waals surface area contributed by atoms with Crippen molar-refractivity contribution < 1.29 is 13.5 Å². The van der Waals surface area contributed by atoms with E-state index in [-0.39, 0.29) is 12.2 Å². The Kier molecular flexibility index (Phi) is 4.60. The van der Waals surface area contributed by atoms with E-state index in [2.05, 4.69) is 21.2 Å². The van der Waals surface area contributed by atoms with Gasteiger partial charge in [0.25, 0.3) is 0 Å². The number of hydrogen-bond acceptors (Lipinski definition) is 2. The van der Waals surface area contributed by atoms with E-state index in [4.69, 9.17) is 4.74 Å². The molecule has 0 heterocycles. The first-order chi connectivity index (χ1) is 9.52. The number of hydrogen-bond donors (Lipinski definition) is 1. The van der Waals surface area contributed by atoms with Gasteiger partial charge in [0.2, 0.25) is 0 Å². The van der Waals surface area contributed by atoms with Crippen LogP contribution in [0.3, 0.4) is 0 Å². The van der Waals surface area contributed by atoms with Crippen molar-refractivity contribution in [3.8, 4) is 5.75 Å². The van der Waals surface area contributed by atoms with Crippen molar-refractivity contribution in [3.63, 3.8) is 0 Å². The molecule has 20 heavy (non-hydrogen) atoms. The van der Waals surface area contributed by atoms with Crippen molar-refractivity contribution in [2.75, 3.05) is 12.4 Å². The van der Waals surface area contributed by atoms with E-state index in [9.17, 15) is 8.78 Å². The van der Waals surface area contributed by atoms with Crippen molar-refractivity contribution in [2.24, 2.45) is 0 Å². The van der Waals surface area contributed by atoms with Crippen LogP contribution in [0.25, 0.3) is 0 Å². The molecule has 0 spiro atoms. The first-order valence-electron chi connectivity index (χ1n) is 6.04. The molecule has 0 aromatic heterocycles. The van der Waals surface area contributed by atoms with E-state index in [1.807, 2.05) is 12.1 Å². The molecule has 0 bridgehead atoms. The molecule has 0 atom stereocenters. The predicted octanol–water partition coefficient (Wildman–Crippen LogP) is 4.66. The topological polar surface area (TPSA) is 21.3 Å². The smallest absolute Gasteiger partial charge is 0.152 e. The Hall–Kier alpha value is -1.62. The molecule has 0 saturated heterocycles. The number of nitrogens with one attached hydrogen (secondary N) is 1. The van der Waals surface area contributed by atoms with Crippen LogP contribution in [0.4, 0.5) is 14.5 Å². The minimum Gasteiger partial charge on any atom is -0.497 e. The lowest BCUT2D eigenvalue weighted by atomic mass is 10.1. The summed E-state index contributed by atoms with van der Waals surface area (Å²) in [5.41, 5.74) is 1.14. The second kappa shape index (κ2) is 6.22. The average molecular weight is 342 g/mol. The fraction of sp³-hybridized carbons (Fsp3) is 0.200. The van der Waals surface area contributed by atoms with Crippen LogP contribution < -0.4 is 10.1 Å². The summed E-state index contributed by atoms with van der Waals surface area (Å²) in [7, 11) is 1.57. The Bertz CT molecular complexity index is 632. The minimum absolute atomic E-state index is 0.111. The molecule has 2 rings (SSSR count). The summed E-state index contributed by atoms with van der Waals surface area (Å²) in [4.78, 5) is 0. The van der Waals surface area contributed by atoms with Crippen molar-refractivity contribution >= 4 is 21.6 Å². The van der Waals surface area contributed by atoms with Gasteiger partial charge in [-0.25, -0.2) is 8.78 Å². The molecule has 2 aromatic carbocycles. The molecule has 5 heteroatoms. The molecular weight excluding hydrogens is 328 g/mol. The van der Waals surface area contributed by atoms with Crippen LogP contribution in [-0.4, -0.2) is 7.11 Å². The molecule has 0 aliphatic rings. The van der Waals surface area contributed by atoms with E-state index in [1.165, 1.54) is 12.1 Å². The van der Waals surface area contributed by atoms with E-state index in [1.54, 1.807) is 20.1 Å². The lowest BCUT2D eigenvalue weighted by Crippen LogP contribution is -2.05. The van der Waals surface area contributed by atoms with Gasteiger partial charge in [0.15, 0.2) is 5.82 Å². The Morgan fingerprint density at radius 2 is 1.95 bits per heavy atom. The second-order valence-corrected chi connectivity index (χ2v) is 5.22. The molecule has 2 nitrogen and oxygen atoms in total. The summed E-state index contributed by atoms with van der Waals surface area (Å²) >= 11 is 3.40. The molecule has 2 aromatic rings. The highest BCUT2D eigenvalue weighted by Crippen LogP contribution is 2.26. The maximum absolute atomic E-state index is 13.9. The summed E-state index contributed by atoms with van der Waals surface area (Å²) in [6, 6.07) is 8.11. The van der Waals surface area contributed by atoms with Crippen LogP contribution in [0, 0.1) is 18.6 Å². The van der Waals surface area contributed by atoms with Crippen LogP contribution in [-0.2, 0) is 6.54 Å². The van der Waals surface area contributed by atoms with Crippen molar-refractivity contribution in [2.45, 2.75) is 13.5 Å². The maximum Gasteiger partial charge on any atom is 0.152 e. The zero-order chi connectivity index (χ0) is 14.7. The summed E-state index contributed by atoms with van der Waals surface area (Å²) < 4.78 is 33.5. The van der Waals surface area contributed by atoms with Crippen molar-refractivity contribution in [3.05, 3.63) is 57.6 Å². The molecule has 0 unspecified atom stereocenters. The Morgan fingerprint density at radius 1 is 1.20 bits per heavy atom. The lowest BCUT2D eigenvalue weighted by Gasteiger charge is -2.12. The van der Waals surface area contributed by atoms with Gasteiger partial charge in [-0.3, -0.25) is 0 Å². The van der Waals surface area contributed by atoms with E-state index < -0.39 is 11.6 Å². The van der Waals surface area contributed by atoms with Crippen molar-refractivity contribution in [1.82, 2.24) is 0 Å². The first-order valence-corrected chi connectivity index (χ1v) is 6.83. The van der Waals surface area contributed by atoms with E-state index in [0.717, 1.165) is 10.0 Å². The van der Waals surface area contributed by atoms with Gasteiger partial charge >= 0.3 is 0 Å². The quantitative estimate of drug-likeness (QED) is 0.873. The Labute approximate surface area is 124 Å². The van der Waals surface area contributed by atoms with E-state index in [0.29, 0.717) is 11.3 Å². The first kappa shape index (κ1) is 14.8. The monoisotopic (exact) mass is 341 g/mol. The van der Waals surface area contributed by atoms with Crippen LogP contribution in [0.5, 0.6) is 5.75 Å². The highest BCUT2D eigenvalue weighted by molar-refractivity contribution is 9.10. The largest absolute Gasteiger partial charge is 0.497 e. The summed E-state index contributed by atoms with van der Waals surface area (Å²) in [5, 5.41) is 2.79. The number of anilines is 1. The molecule has 0 radical (unpaired) electrons.